The van der Waals surface area contributed by atoms with Crippen LogP contribution in [0.1, 0.15) is 40.7 Å². The zero-order chi connectivity index (χ0) is 12.4. The second-order valence-corrected chi connectivity index (χ2v) is 4.43. The van der Waals surface area contributed by atoms with Crippen molar-refractivity contribution in [2.75, 3.05) is 0 Å². The van der Waals surface area contributed by atoms with E-state index >= 15 is 0 Å². The number of carbonyl (C=O) groups excluding carboxylic acids is 1. The molecule has 0 fully saturated rings. The molecule has 1 unspecified atom stereocenters. The normalized spacial score (nSPS) is 18.1. The highest BCUT2D eigenvalue weighted by atomic mass is 16.3. The highest BCUT2D eigenvalue weighted by molar-refractivity contribution is 5.92. The van der Waals surface area contributed by atoms with E-state index in [2.05, 4.69) is 10.3 Å². The maximum atomic E-state index is 12.0. The smallest absolute Gasteiger partial charge is 0.270 e. The molecule has 92 valence electrons. The Kier molecular flexibility index (Phi) is 2.84. The number of pyridine rings is 1. The van der Waals surface area contributed by atoms with Crippen molar-refractivity contribution in [3.8, 4) is 0 Å². The Morgan fingerprint density at radius 1 is 1.39 bits per heavy atom. The molecule has 0 saturated heterocycles. The maximum absolute atomic E-state index is 12.0. The number of hydrogen-bond donors (Lipinski definition) is 1. The lowest BCUT2D eigenvalue weighted by Gasteiger charge is -2.22. The summed E-state index contributed by atoms with van der Waals surface area (Å²) in [6.45, 7) is 0. The van der Waals surface area contributed by atoms with Crippen LogP contribution >= 0.6 is 0 Å². The van der Waals surface area contributed by atoms with Gasteiger partial charge in [-0.25, -0.2) is 0 Å². The van der Waals surface area contributed by atoms with Crippen LogP contribution in [0.25, 0.3) is 0 Å². The molecule has 0 aliphatic heterocycles. The quantitative estimate of drug-likeness (QED) is 0.880. The Morgan fingerprint density at radius 3 is 3.17 bits per heavy atom. The Bertz CT molecular complexity index is 548. The number of hydrogen-bond acceptors (Lipinski definition) is 3. The molecule has 1 atom stereocenters. The van der Waals surface area contributed by atoms with E-state index in [0.29, 0.717) is 5.69 Å². The summed E-state index contributed by atoms with van der Waals surface area (Å²) < 4.78 is 5.41. The molecule has 1 aliphatic rings. The number of amides is 1. The lowest BCUT2D eigenvalue weighted by molar-refractivity contribution is 0.0927. The first-order chi connectivity index (χ1) is 8.84. The van der Waals surface area contributed by atoms with Crippen molar-refractivity contribution in [1.82, 2.24) is 10.3 Å². The molecule has 4 nitrogen and oxygen atoms in total. The minimum absolute atomic E-state index is 0.0435. The first-order valence-electron chi connectivity index (χ1n) is 6.13. The molecule has 2 aromatic rings. The van der Waals surface area contributed by atoms with Crippen LogP contribution in [0.5, 0.6) is 0 Å². The summed E-state index contributed by atoms with van der Waals surface area (Å²) in [5.41, 5.74) is 1.55. The van der Waals surface area contributed by atoms with Gasteiger partial charge in [0, 0.05) is 18.2 Å². The number of furan rings is 1. The van der Waals surface area contributed by atoms with Crippen LogP contribution in [0, 0.1) is 0 Å². The minimum Gasteiger partial charge on any atom is -0.469 e. The number of nitrogens with zero attached hydrogens (tertiary/aromatic N) is 1. The van der Waals surface area contributed by atoms with E-state index in [1.165, 1.54) is 0 Å². The third kappa shape index (κ3) is 2.01. The minimum atomic E-state index is -0.130. The van der Waals surface area contributed by atoms with Crippen LogP contribution in [-0.2, 0) is 6.42 Å². The van der Waals surface area contributed by atoms with Gasteiger partial charge in [0.15, 0.2) is 0 Å². The van der Waals surface area contributed by atoms with E-state index in [9.17, 15) is 4.79 Å². The highest BCUT2D eigenvalue weighted by Gasteiger charge is 2.24. The summed E-state index contributed by atoms with van der Waals surface area (Å²) in [5.74, 6) is 0.863. The lowest BCUT2D eigenvalue weighted by Crippen LogP contribution is -2.30. The molecule has 1 N–H and O–H groups in total. The third-order valence-corrected chi connectivity index (χ3v) is 3.25. The Balaban J connectivity index is 1.77. The SMILES string of the molecule is O=C(NC1CCCc2occc21)c1ccccn1. The predicted octanol–water partition coefficient (Wildman–Crippen LogP) is 2.48. The van der Waals surface area contributed by atoms with E-state index in [0.717, 1.165) is 30.6 Å². The molecule has 0 saturated carbocycles. The van der Waals surface area contributed by atoms with Gasteiger partial charge in [0.25, 0.3) is 5.91 Å². The topological polar surface area (TPSA) is 55.1 Å². The predicted molar refractivity (Wildman–Crippen MR) is 66.1 cm³/mol. The van der Waals surface area contributed by atoms with Gasteiger partial charge >= 0.3 is 0 Å². The summed E-state index contributed by atoms with van der Waals surface area (Å²) >= 11 is 0. The Labute approximate surface area is 105 Å². The summed E-state index contributed by atoms with van der Waals surface area (Å²) in [6.07, 6.45) is 6.26. The van der Waals surface area contributed by atoms with Gasteiger partial charge in [0.2, 0.25) is 0 Å². The first-order valence-corrected chi connectivity index (χ1v) is 6.13. The summed E-state index contributed by atoms with van der Waals surface area (Å²) in [6, 6.07) is 7.31. The molecule has 0 aromatic carbocycles. The van der Waals surface area contributed by atoms with Gasteiger partial charge in [-0.05, 0) is 31.0 Å². The van der Waals surface area contributed by atoms with Crippen LogP contribution in [0.4, 0.5) is 0 Å². The molecule has 2 aromatic heterocycles. The van der Waals surface area contributed by atoms with Gasteiger partial charge in [-0.15, -0.1) is 0 Å². The maximum Gasteiger partial charge on any atom is 0.270 e. The zero-order valence-corrected chi connectivity index (χ0v) is 9.93. The molecular weight excluding hydrogens is 228 g/mol. The van der Waals surface area contributed by atoms with Gasteiger partial charge in [-0.1, -0.05) is 6.07 Å². The van der Waals surface area contributed by atoms with Gasteiger partial charge in [0.05, 0.1) is 12.3 Å². The van der Waals surface area contributed by atoms with E-state index in [4.69, 9.17) is 4.42 Å². The summed E-state index contributed by atoms with van der Waals surface area (Å²) in [4.78, 5) is 16.1. The fourth-order valence-electron chi connectivity index (χ4n) is 2.37. The fourth-order valence-corrected chi connectivity index (χ4v) is 2.37. The van der Waals surface area contributed by atoms with Crippen molar-refractivity contribution in [3.05, 3.63) is 53.7 Å². The average Bonchev–Trinajstić information content (AvgIpc) is 2.89. The number of carbonyl (C=O) groups is 1. The molecule has 1 amide bonds. The summed E-state index contributed by atoms with van der Waals surface area (Å²) in [7, 11) is 0. The van der Waals surface area contributed by atoms with E-state index < -0.39 is 0 Å². The molecule has 2 heterocycles. The lowest BCUT2D eigenvalue weighted by atomic mass is 9.93. The second kappa shape index (κ2) is 4.64. The van der Waals surface area contributed by atoms with Crippen molar-refractivity contribution in [1.29, 1.82) is 0 Å². The van der Waals surface area contributed by atoms with Crippen molar-refractivity contribution < 1.29 is 9.21 Å². The van der Waals surface area contributed by atoms with Crippen molar-refractivity contribution in [2.24, 2.45) is 0 Å². The monoisotopic (exact) mass is 242 g/mol. The van der Waals surface area contributed by atoms with Crippen LogP contribution < -0.4 is 5.32 Å². The second-order valence-electron chi connectivity index (χ2n) is 4.43. The fraction of sp³-hybridized carbons (Fsp3) is 0.286. The van der Waals surface area contributed by atoms with Gasteiger partial charge in [0.1, 0.15) is 11.5 Å². The highest BCUT2D eigenvalue weighted by Crippen LogP contribution is 2.30. The first kappa shape index (κ1) is 11.0. The van der Waals surface area contributed by atoms with Gasteiger partial charge in [-0.3, -0.25) is 9.78 Å². The molecular formula is C14H14N2O2. The van der Waals surface area contributed by atoms with Crippen molar-refractivity contribution >= 4 is 5.91 Å². The van der Waals surface area contributed by atoms with Crippen LogP contribution in [-0.4, -0.2) is 10.9 Å². The molecule has 18 heavy (non-hydrogen) atoms. The number of fused-ring (bicyclic) bond motifs is 1. The molecule has 0 spiro atoms. The van der Waals surface area contributed by atoms with E-state index in [-0.39, 0.29) is 11.9 Å². The molecule has 1 aliphatic carbocycles. The average molecular weight is 242 g/mol. The van der Waals surface area contributed by atoms with Crippen molar-refractivity contribution in [2.45, 2.75) is 25.3 Å². The van der Waals surface area contributed by atoms with E-state index in [1.54, 1.807) is 24.6 Å². The number of rotatable bonds is 2. The molecule has 0 bridgehead atoms. The van der Waals surface area contributed by atoms with Crippen LogP contribution in [0.15, 0.2) is 41.1 Å². The van der Waals surface area contributed by atoms with Gasteiger partial charge in [-0.2, -0.15) is 0 Å². The van der Waals surface area contributed by atoms with Crippen LogP contribution in [0.2, 0.25) is 0 Å². The number of nitrogens with one attached hydrogen (secondary N) is 1. The van der Waals surface area contributed by atoms with Crippen LogP contribution in [0.3, 0.4) is 0 Å². The molecule has 4 heteroatoms. The molecule has 0 radical (unpaired) electrons. The largest absolute Gasteiger partial charge is 0.469 e. The Hall–Kier alpha value is -2.10. The van der Waals surface area contributed by atoms with E-state index in [1.807, 2.05) is 12.1 Å². The Morgan fingerprint density at radius 2 is 2.33 bits per heavy atom. The number of aromatic nitrogens is 1. The molecule has 3 rings (SSSR count). The third-order valence-electron chi connectivity index (χ3n) is 3.25. The zero-order valence-electron chi connectivity index (χ0n) is 9.93. The van der Waals surface area contributed by atoms with Gasteiger partial charge < -0.3 is 9.73 Å². The standard InChI is InChI=1S/C14H14N2O2/c17-14(12-4-1-2-8-15-12)16-11-5-3-6-13-10(11)7-9-18-13/h1-2,4,7-9,11H,3,5-6H2,(H,16,17). The summed E-state index contributed by atoms with van der Waals surface area (Å²) in [5, 5.41) is 3.02. The van der Waals surface area contributed by atoms with Crippen molar-refractivity contribution in [3.63, 3.8) is 0 Å². The number of aryl methyl sites for hydroxylation is 1.